The average Bonchev–Trinajstić information content (AvgIpc) is 3.10. The molecular formula is C22H23ClN2O5S2. The van der Waals surface area contributed by atoms with Crippen LogP contribution >= 0.6 is 22.9 Å². The summed E-state index contributed by atoms with van der Waals surface area (Å²) >= 11 is 7.25. The van der Waals surface area contributed by atoms with E-state index >= 15 is 0 Å². The predicted octanol–water partition coefficient (Wildman–Crippen LogP) is 3.73. The Balaban J connectivity index is 1.57. The number of hydrogen-bond acceptors (Lipinski definition) is 6. The number of ether oxygens (including phenoxy) is 1. The van der Waals surface area contributed by atoms with Crippen LogP contribution in [-0.2, 0) is 26.1 Å². The van der Waals surface area contributed by atoms with E-state index in [1.807, 2.05) is 18.2 Å². The summed E-state index contributed by atoms with van der Waals surface area (Å²) in [6.07, 6.45) is 0.865. The molecule has 0 N–H and O–H groups in total. The van der Waals surface area contributed by atoms with Crippen molar-refractivity contribution >= 4 is 49.1 Å². The summed E-state index contributed by atoms with van der Waals surface area (Å²) in [5, 5.41) is 0.573. The van der Waals surface area contributed by atoms with Gasteiger partial charge in [0.25, 0.3) is 0 Å². The van der Waals surface area contributed by atoms with Crippen LogP contribution in [0.15, 0.2) is 52.2 Å². The van der Waals surface area contributed by atoms with Gasteiger partial charge in [-0.2, -0.15) is 4.31 Å². The van der Waals surface area contributed by atoms with Crippen molar-refractivity contribution in [3.05, 3.63) is 62.7 Å². The standard InChI is InChI=1S/C22H23ClN2O5S2/c1-2-30-21(26)15-9-11-24(12-10-15)32(28,29)17-7-8-19-20(13-17)31-22(27)25(19)14-16-5-3-4-6-18(16)23/h3-8,13,15H,2,9-12,14H2,1H3. The third-order valence-electron chi connectivity index (χ3n) is 5.64. The molecule has 1 fully saturated rings. The molecule has 1 aliphatic rings. The van der Waals surface area contributed by atoms with Crippen LogP contribution < -0.4 is 4.87 Å². The number of sulfonamides is 1. The maximum atomic E-state index is 13.2. The Bertz CT molecular complexity index is 1310. The van der Waals surface area contributed by atoms with Gasteiger partial charge in [0.1, 0.15) is 0 Å². The highest BCUT2D eigenvalue weighted by Crippen LogP contribution is 2.28. The fraction of sp³-hybridized carbons (Fsp3) is 0.364. The lowest BCUT2D eigenvalue weighted by atomic mass is 9.98. The SMILES string of the molecule is CCOC(=O)C1CCN(S(=O)(=O)c2ccc3c(c2)sc(=O)n3Cc2ccccc2Cl)CC1. The normalized spacial score (nSPS) is 15.8. The van der Waals surface area contributed by atoms with Crippen molar-refractivity contribution in [2.45, 2.75) is 31.2 Å². The Hall–Kier alpha value is -2.20. The molecule has 2 aromatic carbocycles. The van der Waals surface area contributed by atoms with Crippen LogP contribution in [0.5, 0.6) is 0 Å². The van der Waals surface area contributed by atoms with Crippen molar-refractivity contribution in [1.82, 2.24) is 8.87 Å². The summed E-state index contributed by atoms with van der Waals surface area (Å²) in [5.74, 6) is -0.538. The first-order valence-corrected chi connectivity index (χ1v) is 13.0. The Labute approximate surface area is 195 Å². The van der Waals surface area contributed by atoms with E-state index in [0.717, 1.165) is 16.9 Å². The molecule has 1 aliphatic heterocycles. The number of fused-ring (bicyclic) bond motifs is 1. The van der Waals surface area contributed by atoms with Gasteiger partial charge in [-0.3, -0.25) is 14.2 Å². The molecule has 2 heterocycles. The molecule has 1 aromatic heterocycles. The van der Waals surface area contributed by atoms with Crippen LogP contribution in [0.2, 0.25) is 5.02 Å². The Morgan fingerprint density at radius 1 is 1.19 bits per heavy atom. The van der Waals surface area contributed by atoms with Crippen molar-refractivity contribution < 1.29 is 17.9 Å². The van der Waals surface area contributed by atoms with Gasteiger partial charge in [0.05, 0.1) is 34.2 Å². The van der Waals surface area contributed by atoms with Crippen molar-refractivity contribution in [3.63, 3.8) is 0 Å². The summed E-state index contributed by atoms with van der Waals surface area (Å²) in [4.78, 5) is 24.5. The monoisotopic (exact) mass is 494 g/mol. The molecule has 3 aromatic rings. The van der Waals surface area contributed by atoms with E-state index in [4.69, 9.17) is 16.3 Å². The summed E-state index contributed by atoms with van der Waals surface area (Å²) < 4.78 is 35.0. The minimum Gasteiger partial charge on any atom is -0.466 e. The van der Waals surface area contributed by atoms with E-state index in [1.54, 1.807) is 29.7 Å². The van der Waals surface area contributed by atoms with Crippen LogP contribution in [0.25, 0.3) is 10.2 Å². The van der Waals surface area contributed by atoms with Gasteiger partial charge in [0.15, 0.2) is 0 Å². The summed E-state index contributed by atoms with van der Waals surface area (Å²) in [6, 6.07) is 12.1. The Morgan fingerprint density at radius 2 is 1.91 bits per heavy atom. The second kappa shape index (κ2) is 9.35. The van der Waals surface area contributed by atoms with E-state index in [9.17, 15) is 18.0 Å². The van der Waals surface area contributed by atoms with E-state index < -0.39 is 10.0 Å². The topological polar surface area (TPSA) is 85.7 Å². The van der Waals surface area contributed by atoms with Crippen molar-refractivity contribution in [2.24, 2.45) is 5.92 Å². The summed E-state index contributed by atoms with van der Waals surface area (Å²) in [7, 11) is -3.73. The molecule has 0 atom stereocenters. The van der Waals surface area contributed by atoms with Gasteiger partial charge in [0.2, 0.25) is 10.0 Å². The van der Waals surface area contributed by atoms with Gasteiger partial charge in [-0.25, -0.2) is 8.42 Å². The Kier molecular flexibility index (Phi) is 6.71. The van der Waals surface area contributed by atoms with E-state index in [-0.39, 0.29) is 34.7 Å². The number of carbonyl (C=O) groups excluding carboxylic acids is 1. The van der Waals surface area contributed by atoms with Crippen molar-refractivity contribution in [1.29, 1.82) is 0 Å². The maximum Gasteiger partial charge on any atom is 0.309 e. The number of aromatic nitrogens is 1. The van der Waals surface area contributed by atoms with Crippen LogP contribution in [0.1, 0.15) is 25.3 Å². The Morgan fingerprint density at radius 3 is 2.59 bits per heavy atom. The second-order valence-corrected chi connectivity index (χ2v) is 10.9. The average molecular weight is 495 g/mol. The fourth-order valence-corrected chi connectivity index (χ4v) is 6.59. The molecule has 0 bridgehead atoms. The quantitative estimate of drug-likeness (QED) is 0.487. The van der Waals surface area contributed by atoms with Crippen LogP contribution in [0.3, 0.4) is 0 Å². The number of carbonyl (C=O) groups is 1. The molecule has 32 heavy (non-hydrogen) atoms. The zero-order valence-electron chi connectivity index (χ0n) is 17.5. The maximum absolute atomic E-state index is 13.2. The first-order chi connectivity index (χ1) is 15.3. The van der Waals surface area contributed by atoms with Crippen molar-refractivity contribution in [2.75, 3.05) is 19.7 Å². The molecule has 0 aliphatic carbocycles. The first-order valence-electron chi connectivity index (χ1n) is 10.3. The highest BCUT2D eigenvalue weighted by atomic mass is 35.5. The van der Waals surface area contributed by atoms with Gasteiger partial charge in [0, 0.05) is 18.1 Å². The van der Waals surface area contributed by atoms with Gasteiger partial charge >= 0.3 is 10.8 Å². The largest absolute Gasteiger partial charge is 0.466 e. The molecule has 10 heteroatoms. The predicted molar refractivity (Wildman–Crippen MR) is 125 cm³/mol. The number of benzene rings is 2. The summed E-state index contributed by atoms with van der Waals surface area (Å²) in [6.45, 7) is 2.90. The lowest BCUT2D eigenvalue weighted by Crippen LogP contribution is -2.40. The first kappa shape index (κ1) is 23.0. The molecule has 0 amide bonds. The molecular weight excluding hydrogens is 472 g/mol. The van der Waals surface area contributed by atoms with Gasteiger partial charge < -0.3 is 4.74 Å². The minimum atomic E-state index is -3.73. The fourth-order valence-electron chi connectivity index (χ4n) is 3.89. The highest BCUT2D eigenvalue weighted by molar-refractivity contribution is 7.89. The van der Waals surface area contributed by atoms with E-state index in [1.165, 1.54) is 10.4 Å². The number of esters is 1. The molecule has 170 valence electrons. The number of piperidine rings is 1. The molecule has 7 nitrogen and oxygen atoms in total. The van der Waals surface area contributed by atoms with Gasteiger partial charge in [-0.1, -0.05) is 41.1 Å². The van der Waals surface area contributed by atoms with Crippen LogP contribution in [0, 0.1) is 5.92 Å². The van der Waals surface area contributed by atoms with E-state index in [2.05, 4.69) is 0 Å². The third kappa shape index (κ3) is 4.47. The second-order valence-electron chi connectivity index (χ2n) is 7.61. The zero-order chi connectivity index (χ0) is 22.9. The lowest BCUT2D eigenvalue weighted by Gasteiger charge is -2.30. The molecule has 0 radical (unpaired) electrons. The van der Waals surface area contributed by atoms with Gasteiger partial charge in [-0.15, -0.1) is 0 Å². The van der Waals surface area contributed by atoms with E-state index in [0.29, 0.717) is 41.2 Å². The van der Waals surface area contributed by atoms with Crippen LogP contribution in [0.4, 0.5) is 0 Å². The van der Waals surface area contributed by atoms with Crippen molar-refractivity contribution in [3.8, 4) is 0 Å². The molecule has 1 saturated heterocycles. The number of nitrogens with zero attached hydrogens (tertiary/aromatic N) is 2. The third-order valence-corrected chi connectivity index (χ3v) is 8.84. The smallest absolute Gasteiger partial charge is 0.309 e. The highest BCUT2D eigenvalue weighted by Gasteiger charge is 2.33. The number of rotatable bonds is 6. The van der Waals surface area contributed by atoms with Crippen LogP contribution in [-0.4, -0.2) is 43.0 Å². The number of hydrogen-bond donors (Lipinski definition) is 0. The molecule has 0 spiro atoms. The minimum absolute atomic E-state index is 0.144. The van der Waals surface area contributed by atoms with Gasteiger partial charge in [-0.05, 0) is 49.6 Å². The molecule has 0 unspecified atom stereocenters. The number of halogens is 1. The summed E-state index contributed by atoms with van der Waals surface area (Å²) in [5.41, 5.74) is 1.48. The zero-order valence-corrected chi connectivity index (χ0v) is 19.9. The molecule has 0 saturated carbocycles. The number of thiazole rings is 1. The molecule has 4 rings (SSSR count). The lowest BCUT2D eigenvalue weighted by molar-refractivity contribution is -0.149.